The van der Waals surface area contributed by atoms with Gasteiger partial charge in [0.2, 0.25) is 0 Å². The van der Waals surface area contributed by atoms with Crippen LogP contribution < -0.4 is 10.1 Å². The Morgan fingerprint density at radius 3 is 2.16 bits per heavy atom. The first-order valence-corrected chi connectivity index (χ1v) is 6.68. The molecule has 100 valence electrons. The lowest BCUT2D eigenvalue weighted by Crippen LogP contribution is -2.09. The lowest BCUT2D eigenvalue weighted by atomic mass is 10.2. The molecular weight excluding hydrogens is 234 g/mol. The molecule has 0 aliphatic rings. The molecule has 0 aliphatic carbocycles. The van der Waals surface area contributed by atoms with Crippen LogP contribution in [0.15, 0.2) is 48.5 Å². The second kappa shape index (κ2) is 6.28. The van der Waals surface area contributed by atoms with Crippen LogP contribution in [-0.2, 0) is 6.61 Å². The van der Waals surface area contributed by atoms with Crippen molar-refractivity contribution in [1.82, 2.24) is 0 Å². The standard InChI is InChI=1S/C17H21NO/c1-13(2)18-16-8-10-17(11-9-16)19-12-15-6-4-14(3)5-7-15/h4-11,13,18H,12H2,1-3H3. The summed E-state index contributed by atoms with van der Waals surface area (Å²) in [6.07, 6.45) is 0. The molecule has 0 amide bonds. The number of hydrogen-bond donors (Lipinski definition) is 1. The van der Waals surface area contributed by atoms with Gasteiger partial charge in [0.1, 0.15) is 12.4 Å². The fraction of sp³-hybridized carbons (Fsp3) is 0.294. The maximum Gasteiger partial charge on any atom is 0.119 e. The van der Waals surface area contributed by atoms with Gasteiger partial charge in [0.15, 0.2) is 0 Å². The van der Waals surface area contributed by atoms with Crippen molar-refractivity contribution < 1.29 is 4.74 Å². The van der Waals surface area contributed by atoms with Crippen molar-refractivity contribution in [2.75, 3.05) is 5.32 Å². The fourth-order valence-electron chi connectivity index (χ4n) is 1.83. The van der Waals surface area contributed by atoms with Gasteiger partial charge in [-0.1, -0.05) is 29.8 Å². The van der Waals surface area contributed by atoms with E-state index >= 15 is 0 Å². The second-order valence-corrected chi connectivity index (χ2v) is 5.10. The average Bonchev–Trinajstić information content (AvgIpc) is 2.39. The summed E-state index contributed by atoms with van der Waals surface area (Å²) in [5.74, 6) is 0.898. The average molecular weight is 255 g/mol. The second-order valence-electron chi connectivity index (χ2n) is 5.10. The first kappa shape index (κ1) is 13.5. The number of aryl methyl sites for hydroxylation is 1. The molecule has 2 heteroatoms. The molecule has 0 bridgehead atoms. The topological polar surface area (TPSA) is 21.3 Å². The molecule has 0 saturated heterocycles. The maximum atomic E-state index is 5.76. The van der Waals surface area contributed by atoms with Crippen molar-refractivity contribution in [2.24, 2.45) is 0 Å². The molecule has 1 N–H and O–H groups in total. The summed E-state index contributed by atoms with van der Waals surface area (Å²) in [6.45, 7) is 6.95. The van der Waals surface area contributed by atoms with E-state index < -0.39 is 0 Å². The number of rotatable bonds is 5. The zero-order valence-corrected chi connectivity index (χ0v) is 11.8. The largest absolute Gasteiger partial charge is 0.489 e. The van der Waals surface area contributed by atoms with Gasteiger partial charge in [-0.15, -0.1) is 0 Å². The Hall–Kier alpha value is -1.96. The Labute approximate surface area is 115 Å². The molecule has 2 aromatic carbocycles. The number of ether oxygens (including phenoxy) is 1. The van der Waals surface area contributed by atoms with Crippen LogP contribution in [-0.4, -0.2) is 6.04 Å². The summed E-state index contributed by atoms with van der Waals surface area (Å²) in [6, 6.07) is 16.9. The van der Waals surface area contributed by atoms with Crippen LogP contribution in [0.2, 0.25) is 0 Å². The molecule has 0 fully saturated rings. The van der Waals surface area contributed by atoms with Gasteiger partial charge in [-0.25, -0.2) is 0 Å². The Bertz CT molecular complexity index is 500. The van der Waals surface area contributed by atoms with Crippen LogP contribution in [0.4, 0.5) is 5.69 Å². The van der Waals surface area contributed by atoms with Gasteiger partial charge in [0, 0.05) is 11.7 Å². The van der Waals surface area contributed by atoms with E-state index in [1.165, 1.54) is 11.1 Å². The van der Waals surface area contributed by atoms with Crippen LogP contribution in [0.5, 0.6) is 5.75 Å². The minimum absolute atomic E-state index is 0.444. The van der Waals surface area contributed by atoms with E-state index in [0.717, 1.165) is 11.4 Å². The Morgan fingerprint density at radius 2 is 1.58 bits per heavy atom. The SMILES string of the molecule is Cc1ccc(COc2ccc(NC(C)C)cc2)cc1. The van der Waals surface area contributed by atoms with Gasteiger partial charge in [0.05, 0.1) is 0 Å². The summed E-state index contributed by atoms with van der Waals surface area (Å²) in [7, 11) is 0. The van der Waals surface area contributed by atoms with Gasteiger partial charge in [0.25, 0.3) is 0 Å². The van der Waals surface area contributed by atoms with E-state index in [4.69, 9.17) is 4.74 Å². The lowest BCUT2D eigenvalue weighted by molar-refractivity contribution is 0.306. The molecule has 0 aliphatic heterocycles. The molecule has 2 nitrogen and oxygen atoms in total. The molecule has 19 heavy (non-hydrogen) atoms. The lowest BCUT2D eigenvalue weighted by Gasteiger charge is -2.11. The summed E-state index contributed by atoms with van der Waals surface area (Å²) >= 11 is 0. The molecule has 2 rings (SSSR count). The minimum Gasteiger partial charge on any atom is -0.489 e. The summed E-state index contributed by atoms with van der Waals surface area (Å²) < 4.78 is 5.76. The first-order chi connectivity index (χ1) is 9.13. The number of anilines is 1. The van der Waals surface area contributed by atoms with Gasteiger partial charge >= 0.3 is 0 Å². The van der Waals surface area contributed by atoms with Gasteiger partial charge in [-0.3, -0.25) is 0 Å². The van der Waals surface area contributed by atoms with E-state index in [2.05, 4.69) is 50.4 Å². The summed E-state index contributed by atoms with van der Waals surface area (Å²) in [4.78, 5) is 0. The third kappa shape index (κ3) is 4.32. The Balaban J connectivity index is 1.91. The van der Waals surface area contributed by atoms with E-state index in [0.29, 0.717) is 12.6 Å². The predicted molar refractivity (Wildman–Crippen MR) is 80.7 cm³/mol. The summed E-state index contributed by atoms with van der Waals surface area (Å²) in [5, 5.41) is 3.36. The van der Waals surface area contributed by atoms with Crippen molar-refractivity contribution in [3.8, 4) is 5.75 Å². The van der Waals surface area contributed by atoms with Crippen LogP contribution in [0.25, 0.3) is 0 Å². The molecule has 0 saturated carbocycles. The van der Waals surface area contributed by atoms with E-state index in [9.17, 15) is 0 Å². The molecule has 0 unspecified atom stereocenters. The third-order valence-electron chi connectivity index (χ3n) is 2.84. The highest BCUT2D eigenvalue weighted by atomic mass is 16.5. The Morgan fingerprint density at radius 1 is 0.947 bits per heavy atom. The molecule has 0 atom stereocenters. The molecule has 0 spiro atoms. The molecule has 0 radical (unpaired) electrons. The van der Waals surface area contributed by atoms with Crippen molar-refractivity contribution >= 4 is 5.69 Å². The smallest absolute Gasteiger partial charge is 0.119 e. The monoisotopic (exact) mass is 255 g/mol. The van der Waals surface area contributed by atoms with Crippen molar-refractivity contribution in [2.45, 2.75) is 33.4 Å². The quantitative estimate of drug-likeness (QED) is 0.855. The zero-order chi connectivity index (χ0) is 13.7. The third-order valence-corrected chi connectivity index (χ3v) is 2.84. The zero-order valence-electron chi connectivity index (χ0n) is 11.8. The maximum absolute atomic E-state index is 5.76. The number of hydrogen-bond acceptors (Lipinski definition) is 2. The first-order valence-electron chi connectivity index (χ1n) is 6.68. The van der Waals surface area contributed by atoms with E-state index in [1.54, 1.807) is 0 Å². The highest BCUT2D eigenvalue weighted by Crippen LogP contribution is 2.17. The van der Waals surface area contributed by atoms with Crippen LogP contribution >= 0.6 is 0 Å². The van der Waals surface area contributed by atoms with Gasteiger partial charge < -0.3 is 10.1 Å². The van der Waals surface area contributed by atoms with Crippen molar-refractivity contribution in [1.29, 1.82) is 0 Å². The number of benzene rings is 2. The Kier molecular flexibility index (Phi) is 4.45. The minimum atomic E-state index is 0.444. The predicted octanol–water partition coefficient (Wildman–Crippen LogP) is 4.39. The molecular formula is C17H21NO. The van der Waals surface area contributed by atoms with Crippen LogP contribution in [0, 0.1) is 6.92 Å². The van der Waals surface area contributed by atoms with Gasteiger partial charge in [-0.05, 0) is 50.6 Å². The van der Waals surface area contributed by atoms with Crippen LogP contribution in [0.1, 0.15) is 25.0 Å². The van der Waals surface area contributed by atoms with Gasteiger partial charge in [-0.2, -0.15) is 0 Å². The van der Waals surface area contributed by atoms with Crippen LogP contribution in [0.3, 0.4) is 0 Å². The number of nitrogens with one attached hydrogen (secondary N) is 1. The van der Waals surface area contributed by atoms with E-state index in [-0.39, 0.29) is 0 Å². The molecule has 2 aromatic rings. The normalized spacial score (nSPS) is 10.5. The summed E-state index contributed by atoms with van der Waals surface area (Å²) in [5.41, 5.74) is 3.58. The van der Waals surface area contributed by atoms with Crippen molar-refractivity contribution in [3.63, 3.8) is 0 Å². The molecule has 0 aromatic heterocycles. The molecule has 0 heterocycles. The highest BCUT2D eigenvalue weighted by Gasteiger charge is 1.98. The highest BCUT2D eigenvalue weighted by molar-refractivity contribution is 5.46. The van der Waals surface area contributed by atoms with Crippen molar-refractivity contribution in [3.05, 3.63) is 59.7 Å². The fourth-order valence-corrected chi connectivity index (χ4v) is 1.83. The van der Waals surface area contributed by atoms with E-state index in [1.807, 2.05) is 24.3 Å².